The first-order valence-electron chi connectivity index (χ1n) is 7.69. The van der Waals surface area contributed by atoms with Gasteiger partial charge in [-0.2, -0.15) is 0 Å². The number of rotatable bonds is 6. The van der Waals surface area contributed by atoms with Crippen LogP contribution >= 0.6 is 0 Å². The van der Waals surface area contributed by atoms with Gasteiger partial charge in [0, 0.05) is 30.1 Å². The Labute approximate surface area is 120 Å². The van der Waals surface area contributed by atoms with E-state index in [1.165, 1.54) is 36.6 Å². The third-order valence-corrected chi connectivity index (χ3v) is 4.01. The highest BCUT2D eigenvalue weighted by Gasteiger charge is 2.30. The Hall–Kier alpha value is -1.61. The molecule has 3 heteroatoms. The van der Waals surface area contributed by atoms with E-state index in [0.717, 1.165) is 17.9 Å². The Morgan fingerprint density at radius 2 is 2.10 bits per heavy atom. The fourth-order valence-corrected chi connectivity index (χ4v) is 2.72. The Bertz CT molecular complexity index is 590. The van der Waals surface area contributed by atoms with Crippen LogP contribution in [0, 0.1) is 0 Å². The maximum absolute atomic E-state index is 5.96. The SMILES string of the molecule is CCCCN(c1nc2ccccc2cc1CN)C1CC1. The minimum Gasteiger partial charge on any atom is -0.353 e. The van der Waals surface area contributed by atoms with Crippen molar-refractivity contribution in [3.05, 3.63) is 35.9 Å². The van der Waals surface area contributed by atoms with E-state index in [-0.39, 0.29) is 0 Å². The van der Waals surface area contributed by atoms with Gasteiger partial charge in [-0.3, -0.25) is 0 Å². The lowest BCUT2D eigenvalue weighted by atomic mass is 10.1. The molecule has 0 atom stereocenters. The summed E-state index contributed by atoms with van der Waals surface area (Å²) in [5.74, 6) is 1.11. The van der Waals surface area contributed by atoms with Crippen molar-refractivity contribution in [1.29, 1.82) is 0 Å². The monoisotopic (exact) mass is 269 g/mol. The van der Waals surface area contributed by atoms with Crippen molar-refractivity contribution in [1.82, 2.24) is 4.98 Å². The molecule has 106 valence electrons. The Morgan fingerprint density at radius 1 is 1.30 bits per heavy atom. The minimum atomic E-state index is 0.558. The Balaban J connectivity index is 2.02. The third-order valence-electron chi connectivity index (χ3n) is 4.01. The van der Waals surface area contributed by atoms with E-state index in [4.69, 9.17) is 10.7 Å². The first-order valence-corrected chi connectivity index (χ1v) is 7.69. The van der Waals surface area contributed by atoms with Crippen molar-refractivity contribution >= 4 is 16.7 Å². The fraction of sp³-hybridized carbons (Fsp3) is 0.471. The molecule has 0 amide bonds. The molecule has 3 nitrogen and oxygen atoms in total. The summed E-state index contributed by atoms with van der Waals surface area (Å²) in [6.07, 6.45) is 5.02. The molecule has 0 unspecified atom stereocenters. The first kappa shape index (κ1) is 13.4. The molecule has 1 aromatic carbocycles. The van der Waals surface area contributed by atoms with Gasteiger partial charge in [-0.05, 0) is 31.4 Å². The van der Waals surface area contributed by atoms with Crippen LogP contribution in [-0.2, 0) is 6.54 Å². The summed E-state index contributed by atoms with van der Waals surface area (Å²) in [5.41, 5.74) is 8.21. The fourth-order valence-electron chi connectivity index (χ4n) is 2.72. The summed E-state index contributed by atoms with van der Waals surface area (Å²) in [7, 11) is 0. The number of hydrogen-bond donors (Lipinski definition) is 1. The molecular formula is C17H23N3. The summed E-state index contributed by atoms with van der Waals surface area (Å²) >= 11 is 0. The van der Waals surface area contributed by atoms with E-state index in [1.807, 2.05) is 0 Å². The van der Waals surface area contributed by atoms with Crippen LogP contribution in [0.25, 0.3) is 10.9 Å². The summed E-state index contributed by atoms with van der Waals surface area (Å²) in [6.45, 7) is 3.89. The van der Waals surface area contributed by atoms with Crippen LogP contribution in [0.2, 0.25) is 0 Å². The van der Waals surface area contributed by atoms with Crippen LogP contribution in [0.1, 0.15) is 38.2 Å². The maximum atomic E-state index is 5.96. The number of para-hydroxylation sites is 1. The second kappa shape index (κ2) is 5.80. The van der Waals surface area contributed by atoms with E-state index in [0.29, 0.717) is 12.6 Å². The number of nitrogens with zero attached hydrogens (tertiary/aromatic N) is 2. The molecule has 1 aromatic heterocycles. The Kier molecular flexibility index (Phi) is 3.88. The lowest BCUT2D eigenvalue weighted by molar-refractivity contribution is 0.701. The summed E-state index contributed by atoms with van der Waals surface area (Å²) < 4.78 is 0. The first-order chi connectivity index (χ1) is 9.83. The smallest absolute Gasteiger partial charge is 0.134 e. The number of benzene rings is 1. The molecule has 2 aromatic rings. The van der Waals surface area contributed by atoms with Crippen LogP contribution in [0.3, 0.4) is 0 Å². The standard InChI is InChI=1S/C17H23N3/c1-2-3-10-20(15-8-9-15)17-14(12-18)11-13-6-4-5-7-16(13)19-17/h4-7,11,15H,2-3,8-10,12,18H2,1H3. The largest absolute Gasteiger partial charge is 0.353 e. The minimum absolute atomic E-state index is 0.558. The molecule has 0 spiro atoms. The number of pyridine rings is 1. The quantitative estimate of drug-likeness (QED) is 0.873. The van der Waals surface area contributed by atoms with Gasteiger partial charge in [0.2, 0.25) is 0 Å². The predicted octanol–water partition coefficient (Wildman–Crippen LogP) is 3.46. The molecule has 0 aliphatic heterocycles. The number of nitrogens with two attached hydrogens (primary N) is 1. The summed E-state index contributed by atoms with van der Waals surface area (Å²) in [6, 6.07) is 11.2. The van der Waals surface area contributed by atoms with Crippen LogP contribution in [0.5, 0.6) is 0 Å². The van der Waals surface area contributed by atoms with Crippen molar-refractivity contribution in [2.45, 2.75) is 45.2 Å². The second-order valence-corrected chi connectivity index (χ2v) is 5.65. The lowest BCUT2D eigenvalue weighted by Gasteiger charge is -2.26. The molecule has 1 aliphatic rings. The van der Waals surface area contributed by atoms with E-state index in [1.54, 1.807) is 0 Å². The molecule has 1 saturated carbocycles. The van der Waals surface area contributed by atoms with Crippen molar-refractivity contribution < 1.29 is 0 Å². The number of fused-ring (bicyclic) bond motifs is 1. The zero-order valence-corrected chi connectivity index (χ0v) is 12.2. The predicted molar refractivity (Wildman–Crippen MR) is 84.9 cm³/mol. The number of anilines is 1. The van der Waals surface area contributed by atoms with Crippen molar-refractivity contribution in [2.24, 2.45) is 5.73 Å². The molecule has 1 heterocycles. The van der Waals surface area contributed by atoms with Crippen LogP contribution in [-0.4, -0.2) is 17.6 Å². The highest BCUT2D eigenvalue weighted by Crippen LogP contribution is 2.34. The van der Waals surface area contributed by atoms with Gasteiger partial charge in [-0.15, -0.1) is 0 Å². The number of hydrogen-bond acceptors (Lipinski definition) is 3. The maximum Gasteiger partial charge on any atom is 0.134 e. The van der Waals surface area contributed by atoms with E-state index >= 15 is 0 Å². The number of aromatic nitrogens is 1. The van der Waals surface area contributed by atoms with Crippen LogP contribution in [0.15, 0.2) is 30.3 Å². The van der Waals surface area contributed by atoms with E-state index in [9.17, 15) is 0 Å². The molecule has 0 bridgehead atoms. The van der Waals surface area contributed by atoms with Gasteiger partial charge >= 0.3 is 0 Å². The molecule has 1 aliphatic carbocycles. The van der Waals surface area contributed by atoms with Gasteiger partial charge in [0.25, 0.3) is 0 Å². The summed E-state index contributed by atoms with van der Waals surface area (Å²) in [4.78, 5) is 7.39. The normalized spacial score (nSPS) is 14.7. The van der Waals surface area contributed by atoms with Gasteiger partial charge in [0.05, 0.1) is 5.52 Å². The van der Waals surface area contributed by atoms with Crippen LogP contribution < -0.4 is 10.6 Å². The molecule has 20 heavy (non-hydrogen) atoms. The topological polar surface area (TPSA) is 42.2 Å². The van der Waals surface area contributed by atoms with Gasteiger partial charge in [0.1, 0.15) is 5.82 Å². The number of unbranched alkanes of at least 4 members (excludes halogenated alkanes) is 1. The van der Waals surface area contributed by atoms with E-state index < -0.39 is 0 Å². The molecule has 0 saturated heterocycles. The Morgan fingerprint density at radius 3 is 2.80 bits per heavy atom. The van der Waals surface area contributed by atoms with Gasteiger partial charge in [-0.1, -0.05) is 31.5 Å². The van der Waals surface area contributed by atoms with Gasteiger partial charge in [0.15, 0.2) is 0 Å². The highest BCUT2D eigenvalue weighted by atomic mass is 15.2. The molecule has 0 radical (unpaired) electrons. The van der Waals surface area contributed by atoms with Crippen molar-refractivity contribution in [3.8, 4) is 0 Å². The van der Waals surface area contributed by atoms with Crippen LogP contribution in [0.4, 0.5) is 5.82 Å². The summed E-state index contributed by atoms with van der Waals surface area (Å²) in [5, 5.41) is 1.18. The highest BCUT2D eigenvalue weighted by molar-refractivity contribution is 5.82. The second-order valence-electron chi connectivity index (χ2n) is 5.65. The zero-order chi connectivity index (χ0) is 13.9. The molecule has 1 fully saturated rings. The van der Waals surface area contributed by atoms with Gasteiger partial charge in [-0.25, -0.2) is 4.98 Å². The van der Waals surface area contributed by atoms with Crippen molar-refractivity contribution in [3.63, 3.8) is 0 Å². The van der Waals surface area contributed by atoms with Crippen molar-refractivity contribution in [2.75, 3.05) is 11.4 Å². The van der Waals surface area contributed by atoms with Gasteiger partial charge < -0.3 is 10.6 Å². The molecular weight excluding hydrogens is 246 g/mol. The average molecular weight is 269 g/mol. The van der Waals surface area contributed by atoms with E-state index in [2.05, 4.69) is 42.2 Å². The zero-order valence-electron chi connectivity index (χ0n) is 12.2. The third kappa shape index (κ3) is 2.63. The molecule has 2 N–H and O–H groups in total. The average Bonchev–Trinajstić information content (AvgIpc) is 3.31. The lowest BCUT2D eigenvalue weighted by Crippen LogP contribution is -2.29. The molecule has 3 rings (SSSR count).